The van der Waals surface area contributed by atoms with Gasteiger partial charge in [0, 0.05) is 43.6 Å². The van der Waals surface area contributed by atoms with Gasteiger partial charge in [0.15, 0.2) is 0 Å². The highest BCUT2D eigenvalue weighted by atomic mass is 16.5. The van der Waals surface area contributed by atoms with Crippen molar-refractivity contribution in [1.29, 1.82) is 0 Å². The van der Waals surface area contributed by atoms with Crippen molar-refractivity contribution in [3.8, 4) is 11.5 Å². The van der Waals surface area contributed by atoms with E-state index in [1.54, 1.807) is 20.3 Å². The Bertz CT molecular complexity index is 1280. The molecule has 1 aliphatic heterocycles. The molecule has 2 amide bonds. The maximum Gasteiger partial charge on any atom is 0.253 e. The molecule has 1 saturated heterocycles. The van der Waals surface area contributed by atoms with Crippen LogP contribution in [0.25, 0.3) is 0 Å². The summed E-state index contributed by atoms with van der Waals surface area (Å²) >= 11 is 0. The number of carbonyl (C=O) groups is 2. The minimum Gasteiger partial charge on any atom is -0.497 e. The summed E-state index contributed by atoms with van der Waals surface area (Å²) in [4.78, 5) is 30.5. The zero-order chi connectivity index (χ0) is 26.5. The smallest absolute Gasteiger partial charge is 0.253 e. The first-order valence-electron chi connectivity index (χ1n) is 13.0. The molecule has 2 fully saturated rings. The molecule has 38 heavy (non-hydrogen) atoms. The normalized spacial score (nSPS) is 15.1. The van der Waals surface area contributed by atoms with Crippen LogP contribution < -0.4 is 29.9 Å². The number of nitrogens with one attached hydrogen (secondary N) is 2. The lowest BCUT2D eigenvalue weighted by Gasteiger charge is -2.38. The number of amides is 2. The lowest BCUT2D eigenvalue weighted by atomic mass is 10.1. The van der Waals surface area contributed by atoms with Crippen molar-refractivity contribution in [2.75, 3.05) is 55.5 Å². The Kier molecular flexibility index (Phi) is 7.67. The van der Waals surface area contributed by atoms with Gasteiger partial charge in [-0.15, -0.1) is 0 Å². The summed E-state index contributed by atoms with van der Waals surface area (Å²) in [5.41, 5.74) is 4.05. The van der Waals surface area contributed by atoms with Gasteiger partial charge >= 0.3 is 0 Å². The number of para-hydroxylation sites is 2. The maximum absolute atomic E-state index is 13.2. The maximum atomic E-state index is 13.2. The Labute approximate surface area is 223 Å². The largest absolute Gasteiger partial charge is 0.497 e. The summed E-state index contributed by atoms with van der Waals surface area (Å²) in [6, 6.07) is 21.3. The molecule has 1 aliphatic carbocycles. The Morgan fingerprint density at radius 2 is 1.53 bits per heavy atom. The summed E-state index contributed by atoms with van der Waals surface area (Å²) in [7, 11) is 3.31. The molecular weight excluding hydrogens is 480 g/mol. The Balaban J connectivity index is 1.30. The number of rotatable bonds is 9. The predicted molar refractivity (Wildman–Crippen MR) is 150 cm³/mol. The van der Waals surface area contributed by atoms with Crippen LogP contribution in [0, 0.1) is 0 Å². The van der Waals surface area contributed by atoms with Crippen LogP contribution in [-0.4, -0.2) is 58.3 Å². The number of benzene rings is 3. The van der Waals surface area contributed by atoms with Gasteiger partial charge in [0.25, 0.3) is 5.91 Å². The fourth-order valence-corrected chi connectivity index (χ4v) is 4.78. The molecule has 0 radical (unpaired) electrons. The molecule has 0 atom stereocenters. The fourth-order valence-electron chi connectivity index (χ4n) is 4.78. The zero-order valence-corrected chi connectivity index (χ0v) is 21.9. The number of hydrogen-bond acceptors (Lipinski definition) is 6. The molecule has 3 aromatic rings. The topological polar surface area (TPSA) is 83.1 Å². The van der Waals surface area contributed by atoms with Crippen molar-refractivity contribution in [3.05, 3.63) is 77.9 Å². The summed E-state index contributed by atoms with van der Waals surface area (Å²) in [6.45, 7) is 3.16. The third kappa shape index (κ3) is 6.02. The van der Waals surface area contributed by atoms with Crippen molar-refractivity contribution in [2.24, 2.45) is 0 Å². The first-order chi connectivity index (χ1) is 18.5. The van der Waals surface area contributed by atoms with Crippen LogP contribution in [0.1, 0.15) is 28.8 Å². The molecule has 8 heteroatoms. The molecule has 1 saturated carbocycles. The standard InChI is InChI=1S/C30H34N4O4/c1-37-24-12-7-21(8-13-24)19-29(35)31-23-11-14-26(25(20-23)30(36)32-22-9-10-22)33-15-17-34(18-16-33)27-5-3-4-6-28(27)38-2/h3-8,11-14,20,22H,9-10,15-19H2,1-2H3,(H,31,35)(H,32,36). The van der Waals surface area contributed by atoms with E-state index in [2.05, 4.69) is 26.5 Å². The number of methoxy groups -OCH3 is 2. The number of hydrogen-bond donors (Lipinski definition) is 2. The predicted octanol–water partition coefficient (Wildman–Crippen LogP) is 4.10. The van der Waals surface area contributed by atoms with E-state index in [1.165, 1.54) is 0 Å². The van der Waals surface area contributed by atoms with E-state index in [9.17, 15) is 9.59 Å². The second kappa shape index (κ2) is 11.5. The van der Waals surface area contributed by atoms with Gasteiger partial charge in [-0.2, -0.15) is 0 Å². The van der Waals surface area contributed by atoms with Gasteiger partial charge in [-0.25, -0.2) is 0 Å². The average Bonchev–Trinajstić information content (AvgIpc) is 3.77. The van der Waals surface area contributed by atoms with Crippen LogP contribution in [-0.2, 0) is 11.2 Å². The lowest BCUT2D eigenvalue weighted by Crippen LogP contribution is -2.47. The van der Waals surface area contributed by atoms with Crippen molar-refractivity contribution in [2.45, 2.75) is 25.3 Å². The van der Waals surface area contributed by atoms with Gasteiger partial charge in [0.05, 0.1) is 31.9 Å². The molecule has 0 aromatic heterocycles. The van der Waals surface area contributed by atoms with Crippen molar-refractivity contribution in [1.82, 2.24) is 5.32 Å². The van der Waals surface area contributed by atoms with Gasteiger partial charge in [-0.1, -0.05) is 24.3 Å². The molecule has 8 nitrogen and oxygen atoms in total. The van der Waals surface area contributed by atoms with E-state index in [4.69, 9.17) is 9.47 Å². The summed E-state index contributed by atoms with van der Waals surface area (Å²) < 4.78 is 10.7. The van der Waals surface area contributed by atoms with Crippen LogP contribution in [0.15, 0.2) is 66.7 Å². The Hall–Kier alpha value is -4.20. The van der Waals surface area contributed by atoms with E-state index in [-0.39, 0.29) is 24.3 Å². The van der Waals surface area contributed by atoms with Gasteiger partial charge in [0.2, 0.25) is 5.91 Å². The minimum atomic E-state index is -0.137. The number of anilines is 3. The highest BCUT2D eigenvalue weighted by Crippen LogP contribution is 2.31. The molecule has 2 aliphatic rings. The monoisotopic (exact) mass is 514 g/mol. The van der Waals surface area contributed by atoms with Crippen LogP contribution in [0.3, 0.4) is 0 Å². The van der Waals surface area contributed by atoms with Crippen LogP contribution in [0.2, 0.25) is 0 Å². The number of carbonyl (C=O) groups excluding carboxylic acids is 2. The van der Waals surface area contributed by atoms with E-state index in [0.717, 1.165) is 67.5 Å². The van der Waals surface area contributed by atoms with Crippen molar-refractivity contribution < 1.29 is 19.1 Å². The first kappa shape index (κ1) is 25.4. The molecule has 0 unspecified atom stereocenters. The molecular formula is C30H34N4O4. The highest BCUT2D eigenvalue weighted by molar-refractivity contribution is 6.02. The Morgan fingerprint density at radius 3 is 2.18 bits per heavy atom. The first-order valence-corrected chi connectivity index (χ1v) is 13.0. The fraction of sp³-hybridized carbons (Fsp3) is 0.333. The van der Waals surface area contributed by atoms with Crippen LogP contribution in [0.5, 0.6) is 11.5 Å². The van der Waals surface area contributed by atoms with Gasteiger partial charge in [-0.3, -0.25) is 9.59 Å². The Morgan fingerprint density at radius 1 is 0.842 bits per heavy atom. The average molecular weight is 515 g/mol. The lowest BCUT2D eigenvalue weighted by molar-refractivity contribution is -0.115. The molecule has 5 rings (SSSR count). The van der Waals surface area contributed by atoms with Crippen molar-refractivity contribution >= 4 is 28.9 Å². The second-order valence-corrected chi connectivity index (χ2v) is 9.70. The van der Waals surface area contributed by atoms with Gasteiger partial charge < -0.3 is 29.9 Å². The molecule has 2 N–H and O–H groups in total. The second-order valence-electron chi connectivity index (χ2n) is 9.70. The molecule has 0 spiro atoms. The SMILES string of the molecule is COc1ccc(CC(=O)Nc2ccc(N3CCN(c4ccccc4OC)CC3)c(C(=O)NC3CC3)c2)cc1. The van der Waals surface area contributed by atoms with Crippen LogP contribution >= 0.6 is 0 Å². The van der Waals surface area contributed by atoms with E-state index >= 15 is 0 Å². The third-order valence-corrected chi connectivity index (χ3v) is 7.01. The number of piperazine rings is 1. The van der Waals surface area contributed by atoms with Crippen molar-refractivity contribution in [3.63, 3.8) is 0 Å². The highest BCUT2D eigenvalue weighted by Gasteiger charge is 2.28. The molecule has 0 bridgehead atoms. The summed E-state index contributed by atoms with van der Waals surface area (Å²) in [6.07, 6.45) is 2.26. The minimum absolute atomic E-state index is 0.0964. The zero-order valence-electron chi connectivity index (χ0n) is 21.9. The summed E-state index contributed by atoms with van der Waals surface area (Å²) in [5, 5.41) is 6.08. The molecule has 1 heterocycles. The van der Waals surface area contributed by atoms with Gasteiger partial charge in [-0.05, 0) is 60.9 Å². The van der Waals surface area contributed by atoms with E-state index in [0.29, 0.717) is 11.3 Å². The molecule has 3 aromatic carbocycles. The van der Waals surface area contributed by atoms with Gasteiger partial charge in [0.1, 0.15) is 11.5 Å². The quantitative estimate of drug-likeness (QED) is 0.447. The van der Waals surface area contributed by atoms with E-state index in [1.807, 2.05) is 54.6 Å². The number of ether oxygens (including phenoxy) is 2. The summed E-state index contributed by atoms with van der Waals surface area (Å²) in [5.74, 6) is 1.38. The number of nitrogens with zero attached hydrogens (tertiary/aromatic N) is 2. The third-order valence-electron chi connectivity index (χ3n) is 7.01. The molecule has 198 valence electrons. The van der Waals surface area contributed by atoms with E-state index < -0.39 is 0 Å². The van der Waals surface area contributed by atoms with Crippen LogP contribution in [0.4, 0.5) is 17.1 Å².